The minimum Gasteiger partial charge on any atom is -0.395 e. The summed E-state index contributed by atoms with van der Waals surface area (Å²) < 4.78 is 0. The van der Waals surface area contributed by atoms with Gasteiger partial charge < -0.3 is 15.5 Å². The molecule has 0 aromatic rings. The Balaban J connectivity index is 2.59. The second kappa shape index (κ2) is 4.73. The van der Waals surface area contributed by atoms with E-state index in [0.29, 0.717) is 0 Å². The van der Waals surface area contributed by atoms with Crippen molar-refractivity contribution in [1.29, 1.82) is 0 Å². The minimum atomic E-state index is -0.461. The molecule has 1 heterocycles. The Bertz CT molecular complexity index is 275. The molecule has 0 aromatic heterocycles. The second-order valence-electron chi connectivity index (χ2n) is 2.73. The van der Waals surface area contributed by atoms with Gasteiger partial charge in [0.05, 0.1) is 19.8 Å². The summed E-state index contributed by atoms with van der Waals surface area (Å²) in [5, 5.41) is 19.7. The zero-order valence-electron chi connectivity index (χ0n) is 7.56. The SMILES string of the molecule is O=C1C=C(NCCO)C(=O)N1CCO. The fourth-order valence-electron chi connectivity index (χ4n) is 1.14. The Kier molecular flexibility index (Phi) is 3.61. The van der Waals surface area contributed by atoms with Gasteiger partial charge in [0, 0.05) is 12.6 Å². The molecule has 0 fully saturated rings. The standard InChI is InChI=1S/C8H12N2O4/c11-3-1-9-6-5-7(13)10(2-4-12)8(6)14/h5,9,11-12H,1-4H2. The van der Waals surface area contributed by atoms with Crippen LogP contribution in [0.2, 0.25) is 0 Å². The van der Waals surface area contributed by atoms with Crippen molar-refractivity contribution in [2.24, 2.45) is 0 Å². The van der Waals surface area contributed by atoms with E-state index in [1.165, 1.54) is 0 Å². The number of hydrogen-bond donors (Lipinski definition) is 3. The van der Waals surface area contributed by atoms with Gasteiger partial charge in [0.15, 0.2) is 0 Å². The first-order valence-corrected chi connectivity index (χ1v) is 4.24. The van der Waals surface area contributed by atoms with Gasteiger partial charge in [-0.2, -0.15) is 0 Å². The van der Waals surface area contributed by atoms with Gasteiger partial charge in [-0.05, 0) is 0 Å². The summed E-state index contributed by atoms with van der Waals surface area (Å²) >= 11 is 0. The Morgan fingerprint density at radius 2 is 2.00 bits per heavy atom. The molecule has 0 atom stereocenters. The molecule has 6 heteroatoms. The number of nitrogens with one attached hydrogen (secondary N) is 1. The minimum absolute atomic E-state index is 0.00152. The number of carbonyl (C=O) groups is 2. The molecule has 1 aliphatic rings. The molecule has 0 radical (unpaired) electrons. The number of hydrogen-bond acceptors (Lipinski definition) is 5. The van der Waals surface area contributed by atoms with Crippen molar-refractivity contribution in [3.63, 3.8) is 0 Å². The molecule has 0 spiro atoms. The first-order valence-electron chi connectivity index (χ1n) is 4.24. The average molecular weight is 200 g/mol. The van der Waals surface area contributed by atoms with Gasteiger partial charge in [-0.1, -0.05) is 0 Å². The number of aliphatic hydroxyl groups is 2. The summed E-state index contributed by atoms with van der Waals surface area (Å²) in [6.45, 7) is -0.145. The highest BCUT2D eigenvalue weighted by molar-refractivity contribution is 6.15. The van der Waals surface area contributed by atoms with E-state index in [0.717, 1.165) is 11.0 Å². The third-order valence-electron chi connectivity index (χ3n) is 1.76. The molecule has 14 heavy (non-hydrogen) atoms. The summed E-state index contributed by atoms with van der Waals surface area (Å²) in [5.74, 6) is -0.901. The van der Waals surface area contributed by atoms with Crippen molar-refractivity contribution >= 4 is 11.8 Å². The summed E-state index contributed by atoms with van der Waals surface area (Å²) in [6, 6.07) is 0. The van der Waals surface area contributed by atoms with Crippen molar-refractivity contribution in [2.75, 3.05) is 26.3 Å². The van der Waals surface area contributed by atoms with E-state index in [4.69, 9.17) is 10.2 Å². The van der Waals surface area contributed by atoms with Gasteiger partial charge in [-0.3, -0.25) is 14.5 Å². The number of aliphatic hydroxyl groups excluding tert-OH is 2. The van der Waals surface area contributed by atoms with Crippen LogP contribution in [-0.2, 0) is 9.59 Å². The van der Waals surface area contributed by atoms with E-state index in [-0.39, 0.29) is 32.0 Å². The summed E-state index contributed by atoms with van der Waals surface area (Å²) in [5.41, 5.74) is 0.164. The van der Waals surface area contributed by atoms with Crippen LogP contribution >= 0.6 is 0 Å². The lowest BCUT2D eigenvalue weighted by atomic mass is 10.4. The highest BCUT2D eigenvalue weighted by atomic mass is 16.3. The van der Waals surface area contributed by atoms with E-state index in [2.05, 4.69) is 5.32 Å². The molecule has 0 saturated carbocycles. The fourth-order valence-corrected chi connectivity index (χ4v) is 1.14. The molecule has 0 aliphatic carbocycles. The molecule has 3 N–H and O–H groups in total. The van der Waals surface area contributed by atoms with Crippen LogP contribution in [-0.4, -0.2) is 53.2 Å². The van der Waals surface area contributed by atoms with Gasteiger partial charge in [-0.15, -0.1) is 0 Å². The summed E-state index contributed by atoms with van der Waals surface area (Å²) in [6.07, 6.45) is 1.16. The molecular weight excluding hydrogens is 188 g/mol. The zero-order chi connectivity index (χ0) is 10.6. The van der Waals surface area contributed by atoms with Gasteiger partial charge in [-0.25, -0.2) is 0 Å². The first kappa shape index (κ1) is 10.7. The van der Waals surface area contributed by atoms with Crippen LogP contribution < -0.4 is 5.32 Å². The Morgan fingerprint density at radius 3 is 2.57 bits per heavy atom. The van der Waals surface area contributed by atoms with Crippen LogP contribution in [0.5, 0.6) is 0 Å². The third-order valence-corrected chi connectivity index (χ3v) is 1.76. The number of carbonyl (C=O) groups excluding carboxylic acids is 2. The Hall–Kier alpha value is -1.40. The summed E-state index contributed by atoms with van der Waals surface area (Å²) in [7, 11) is 0. The maximum absolute atomic E-state index is 11.4. The monoisotopic (exact) mass is 200 g/mol. The van der Waals surface area contributed by atoms with Gasteiger partial charge in [0.1, 0.15) is 5.70 Å². The van der Waals surface area contributed by atoms with E-state index < -0.39 is 11.8 Å². The average Bonchev–Trinajstić information content (AvgIpc) is 2.43. The van der Waals surface area contributed by atoms with E-state index in [1.807, 2.05) is 0 Å². The number of β-amino-alcohol motifs (C(OH)–C–C–N with tert-alkyl or cyclic N) is 1. The van der Waals surface area contributed by atoms with Crippen LogP contribution in [0.25, 0.3) is 0 Å². The maximum Gasteiger partial charge on any atom is 0.277 e. The predicted octanol–water partition coefficient (Wildman–Crippen LogP) is -2.19. The predicted molar refractivity (Wildman–Crippen MR) is 47.0 cm³/mol. The lowest BCUT2D eigenvalue weighted by Crippen LogP contribution is -2.36. The second-order valence-corrected chi connectivity index (χ2v) is 2.73. The molecule has 78 valence electrons. The van der Waals surface area contributed by atoms with Crippen LogP contribution in [0.15, 0.2) is 11.8 Å². The van der Waals surface area contributed by atoms with Crippen molar-refractivity contribution < 1.29 is 19.8 Å². The first-order chi connectivity index (χ1) is 6.70. The van der Waals surface area contributed by atoms with Crippen molar-refractivity contribution in [3.8, 4) is 0 Å². The van der Waals surface area contributed by atoms with Crippen LogP contribution in [0.1, 0.15) is 0 Å². The molecule has 0 saturated heterocycles. The van der Waals surface area contributed by atoms with E-state index in [1.54, 1.807) is 0 Å². The number of imide groups is 1. The van der Waals surface area contributed by atoms with Crippen molar-refractivity contribution in [1.82, 2.24) is 10.2 Å². The Labute approximate surface area is 80.8 Å². The largest absolute Gasteiger partial charge is 0.395 e. The Morgan fingerprint density at radius 1 is 1.29 bits per heavy atom. The number of amides is 2. The van der Waals surface area contributed by atoms with Crippen LogP contribution in [0.3, 0.4) is 0 Å². The summed E-state index contributed by atoms with van der Waals surface area (Å²) in [4.78, 5) is 23.5. The quantitative estimate of drug-likeness (QED) is 0.439. The zero-order valence-corrected chi connectivity index (χ0v) is 7.56. The molecular formula is C8H12N2O4. The molecule has 0 aromatic carbocycles. The lowest BCUT2D eigenvalue weighted by molar-refractivity contribution is -0.137. The van der Waals surface area contributed by atoms with Gasteiger partial charge in [0.2, 0.25) is 0 Å². The smallest absolute Gasteiger partial charge is 0.277 e. The number of nitrogens with zero attached hydrogens (tertiary/aromatic N) is 1. The van der Waals surface area contributed by atoms with Crippen molar-refractivity contribution in [2.45, 2.75) is 0 Å². The maximum atomic E-state index is 11.4. The third kappa shape index (κ3) is 2.09. The molecule has 6 nitrogen and oxygen atoms in total. The highest BCUT2D eigenvalue weighted by Gasteiger charge is 2.29. The van der Waals surface area contributed by atoms with Gasteiger partial charge >= 0.3 is 0 Å². The van der Waals surface area contributed by atoms with Crippen molar-refractivity contribution in [3.05, 3.63) is 11.8 Å². The van der Waals surface area contributed by atoms with E-state index >= 15 is 0 Å². The molecule has 0 bridgehead atoms. The normalized spacial score (nSPS) is 16.1. The molecule has 0 unspecified atom stereocenters. The fraction of sp³-hybridized carbons (Fsp3) is 0.500. The number of rotatable bonds is 5. The molecule has 2 amide bonds. The molecule has 1 rings (SSSR count). The highest BCUT2D eigenvalue weighted by Crippen LogP contribution is 2.09. The van der Waals surface area contributed by atoms with Crippen LogP contribution in [0.4, 0.5) is 0 Å². The lowest BCUT2D eigenvalue weighted by Gasteiger charge is -2.12. The van der Waals surface area contributed by atoms with Gasteiger partial charge in [0.25, 0.3) is 11.8 Å². The molecule has 1 aliphatic heterocycles. The van der Waals surface area contributed by atoms with E-state index in [9.17, 15) is 9.59 Å². The van der Waals surface area contributed by atoms with Crippen LogP contribution in [0, 0.1) is 0 Å². The topological polar surface area (TPSA) is 89.9 Å².